The van der Waals surface area contributed by atoms with Gasteiger partial charge in [-0.05, 0) is 30.9 Å². The van der Waals surface area contributed by atoms with Gasteiger partial charge in [0.25, 0.3) is 5.91 Å². The van der Waals surface area contributed by atoms with E-state index in [1.807, 2.05) is 0 Å². The molecule has 1 aromatic carbocycles. The molecule has 0 saturated heterocycles. The number of halogens is 3. The number of rotatable bonds is 3. The molecule has 1 amide bonds. The maximum atomic E-state index is 13.6. The van der Waals surface area contributed by atoms with Crippen LogP contribution in [-0.2, 0) is 0 Å². The van der Waals surface area contributed by atoms with Crippen molar-refractivity contribution in [2.75, 3.05) is 13.6 Å². The lowest BCUT2D eigenvalue weighted by molar-refractivity contribution is 0.0735. The van der Waals surface area contributed by atoms with Gasteiger partial charge in [0.1, 0.15) is 17.2 Å². The van der Waals surface area contributed by atoms with E-state index >= 15 is 0 Å². The van der Waals surface area contributed by atoms with Gasteiger partial charge in [-0.3, -0.25) is 4.79 Å². The average Bonchev–Trinajstić information content (AvgIpc) is 2.21. The lowest BCUT2D eigenvalue weighted by atomic mass is 9.85. The predicted molar refractivity (Wildman–Crippen MR) is 68.4 cm³/mol. The molecule has 98 valence electrons. The number of carbonyl (C=O) groups excluding carboxylic acids is 1. The van der Waals surface area contributed by atoms with Crippen molar-refractivity contribution in [3.8, 4) is 0 Å². The number of hydrogen-bond acceptors (Lipinski definition) is 1. The zero-order valence-corrected chi connectivity index (χ0v) is 11.6. The van der Waals surface area contributed by atoms with Crippen LogP contribution in [0, 0.1) is 17.6 Å². The highest BCUT2D eigenvalue weighted by Crippen LogP contribution is 2.28. The fourth-order valence-corrected chi connectivity index (χ4v) is 2.48. The standard InChI is InChI=1S/C13H14BrF2NO/c1-17(7-8-3-2-4-8)13(18)12-10(15)5-9(14)6-11(12)16/h5-6,8H,2-4,7H2,1H3. The number of hydrogen-bond donors (Lipinski definition) is 0. The molecule has 0 heterocycles. The van der Waals surface area contributed by atoms with Gasteiger partial charge in [-0.2, -0.15) is 0 Å². The van der Waals surface area contributed by atoms with Crippen LogP contribution in [0.1, 0.15) is 29.6 Å². The summed E-state index contributed by atoms with van der Waals surface area (Å²) in [5.41, 5.74) is -0.472. The van der Waals surface area contributed by atoms with Crippen molar-refractivity contribution >= 4 is 21.8 Å². The van der Waals surface area contributed by atoms with Gasteiger partial charge in [0.2, 0.25) is 0 Å². The molecule has 0 spiro atoms. The van der Waals surface area contributed by atoms with E-state index in [-0.39, 0.29) is 4.47 Å². The summed E-state index contributed by atoms with van der Waals surface area (Å²) >= 11 is 2.99. The minimum atomic E-state index is -0.827. The van der Waals surface area contributed by atoms with E-state index in [0.717, 1.165) is 25.0 Å². The van der Waals surface area contributed by atoms with Gasteiger partial charge >= 0.3 is 0 Å². The first kappa shape index (κ1) is 13.5. The molecule has 18 heavy (non-hydrogen) atoms. The third-order valence-electron chi connectivity index (χ3n) is 3.32. The summed E-state index contributed by atoms with van der Waals surface area (Å²) in [4.78, 5) is 13.4. The van der Waals surface area contributed by atoms with Crippen LogP contribution in [-0.4, -0.2) is 24.4 Å². The quantitative estimate of drug-likeness (QED) is 0.834. The fourth-order valence-electron chi connectivity index (χ4n) is 2.08. The van der Waals surface area contributed by atoms with Crippen LogP contribution in [0.4, 0.5) is 8.78 Å². The molecule has 0 aromatic heterocycles. The Balaban J connectivity index is 2.17. The molecule has 0 atom stereocenters. The Morgan fingerprint density at radius 2 is 1.94 bits per heavy atom. The maximum Gasteiger partial charge on any atom is 0.259 e. The third-order valence-corrected chi connectivity index (χ3v) is 3.78. The van der Waals surface area contributed by atoms with E-state index < -0.39 is 23.1 Å². The molecule has 0 bridgehead atoms. The van der Waals surface area contributed by atoms with Crippen LogP contribution < -0.4 is 0 Å². The van der Waals surface area contributed by atoms with Crippen LogP contribution in [0.25, 0.3) is 0 Å². The molecule has 0 aliphatic heterocycles. The van der Waals surface area contributed by atoms with Crippen molar-refractivity contribution in [1.82, 2.24) is 4.90 Å². The first-order valence-corrected chi connectivity index (χ1v) is 6.68. The summed E-state index contributed by atoms with van der Waals surface area (Å²) in [6.45, 7) is 0.563. The van der Waals surface area contributed by atoms with Crippen molar-refractivity contribution in [3.63, 3.8) is 0 Å². The number of carbonyl (C=O) groups is 1. The molecule has 0 unspecified atom stereocenters. The van der Waals surface area contributed by atoms with E-state index in [2.05, 4.69) is 15.9 Å². The molecule has 1 aromatic rings. The van der Waals surface area contributed by atoms with E-state index in [1.54, 1.807) is 7.05 Å². The Labute approximate surface area is 113 Å². The van der Waals surface area contributed by atoms with Crippen LogP contribution in [0.2, 0.25) is 0 Å². The molecule has 1 fully saturated rings. The Morgan fingerprint density at radius 1 is 1.39 bits per heavy atom. The molecular formula is C13H14BrF2NO. The SMILES string of the molecule is CN(CC1CCC1)C(=O)c1c(F)cc(Br)cc1F. The van der Waals surface area contributed by atoms with Crippen molar-refractivity contribution in [2.24, 2.45) is 5.92 Å². The topological polar surface area (TPSA) is 20.3 Å². The third kappa shape index (κ3) is 2.71. The lowest BCUT2D eigenvalue weighted by Gasteiger charge is -2.30. The molecule has 0 radical (unpaired) electrons. The highest BCUT2D eigenvalue weighted by atomic mass is 79.9. The highest BCUT2D eigenvalue weighted by molar-refractivity contribution is 9.10. The van der Waals surface area contributed by atoms with E-state index in [9.17, 15) is 13.6 Å². The Kier molecular flexibility index (Phi) is 4.00. The van der Waals surface area contributed by atoms with Crippen molar-refractivity contribution in [1.29, 1.82) is 0 Å². The summed E-state index contributed by atoms with van der Waals surface area (Å²) in [7, 11) is 1.58. The average molecular weight is 318 g/mol. The van der Waals surface area contributed by atoms with Gasteiger partial charge in [-0.15, -0.1) is 0 Å². The van der Waals surface area contributed by atoms with Crippen molar-refractivity contribution in [3.05, 3.63) is 33.8 Å². The lowest BCUT2D eigenvalue weighted by Crippen LogP contribution is -2.35. The van der Waals surface area contributed by atoms with Gasteiger partial charge in [-0.1, -0.05) is 22.4 Å². The molecule has 2 nitrogen and oxygen atoms in total. The highest BCUT2D eigenvalue weighted by Gasteiger charge is 2.25. The van der Waals surface area contributed by atoms with E-state index in [1.165, 1.54) is 11.3 Å². The van der Waals surface area contributed by atoms with Gasteiger partial charge < -0.3 is 4.90 Å². The Hall–Kier alpha value is -0.970. The smallest absolute Gasteiger partial charge is 0.259 e. The second-order valence-electron chi connectivity index (χ2n) is 4.73. The zero-order chi connectivity index (χ0) is 13.3. The van der Waals surface area contributed by atoms with E-state index in [4.69, 9.17) is 0 Å². The molecule has 1 aliphatic carbocycles. The van der Waals surface area contributed by atoms with Gasteiger partial charge in [0.15, 0.2) is 0 Å². The zero-order valence-electron chi connectivity index (χ0n) is 10.0. The molecule has 1 aliphatic rings. The minimum absolute atomic E-state index is 0.288. The van der Waals surface area contributed by atoms with Crippen LogP contribution in [0.5, 0.6) is 0 Å². The van der Waals surface area contributed by atoms with Crippen molar-refractivity contribution < 1.29 is 13.6 Å². The van der Waals surface area contributed by atoms with Gasteiger partial charge in [0, 0.05) is 18.1 Å². The summed E-state index contributed by atoms with van der Waals surface area (Å²) in [5.74, 6) is -1.77. The van der Waals surface area contributed by atoms with Crippen LogP contribution in [0.3, 0.4) is 0 Å². The molecular weight excluding hydrogens is 304 g/mol. The first-order chi connectivity index (χ1) is 8.49. The number of nitrogens with zero attached hydrogens (tertiary/aromatic N) is 1. The summed E-state index contributed by atoms with van der Waals surface area (Å²) in [5, 5.41) is 0. The summed E-state index contributed by atoms with van der Waals surface area (Å²) in [6.07, 6.45) is 3.35. The summed E-state index contributed by atoms with van der Waals surface area (Å²) in [6, 6.07) is 2.21. The predicted octanol–water partition coefficient (Wildman–Crippen LogP) is 3.60. The van der Waals surface area contributed by atoms with Crippen LogP contribution in [0.15, 0.2) is 16.6 Å². The largest absolute Gasteiger partial charge is 0.341 e. The second kappa shape index (κ2) is 5.34. The number of benzene rings is 1. The molecule has 1 saturated carbocycles. The maximum absolute atomic E-state index is 13.6. The Bertz CT molecular complexity index is 451. The van der Waals surface area contributed by atoms with Gasteiger partial charge in [0.05, 0.1) is 0 Å². The molecule has 2 rings (SSSR count). The fraction of sp³-hybridized carbons (Fsp3) is 0.462. The monoisotopic (exact) mass is 317 g/mol. The van der Waals surface area contributed by atoms with E-state index in [0.29, 0.717) is 12.5 Å². The second-order valence-corrected chi connectivity index (χ2v) is 5.64. The molecule has 5 heteroatoms. The number of amides is 1. The minimum Gasteiger partial charge on any atom is -0.341 e. The van der Waals surface area contributed by atoms with Gasteiger partial charge in [-0.25, -0.2) is 8.78 Å². The first-order valence-electron chi connectivity index (χ1n) is 5.89. The van der Waals surface area contributed by atoms with Crippen molar-refractivity contribution in [2.45, 2.75) is 19.3 Å². The normalized spacial score (nSPS) is 15.3. The summed E-state index contributed by atoms with van der Waals surface area (Å²) < 4.78 is 27.6. The molecule has 0 N–H and O–H groups in total. The Morgan fingerprint density at radius 3 is 2.39 bits per heavy atom. The van der Waals surface area contributed by atoms with Crippen LogP contribution >= 0.6 is 15.9 Å².